The highest BCUT2D eigenvalue weighted by molar-refractivity contribution is 5.79. The van der Waals surface area contributed by atoms with Gasteiger partial charge in [-0.3, -0.25) is 10.0 Å². The van der Waals surface area contributed by atoms with Gasteiger partial charge >= 0.3 is 0 Å². The summed E-state index contributed by atoms with van der Waals surface area (Å²) >= 11 is 0. The summed E-state index contributed by atoms with van der Waals surface area (Å²) in [6.07, 6.45) is 7.08. The Hall–Kier alpha value is -0.570. The van der Waals surface area contributed by atoms with E-state index in [9.17, 15) is 10.0 Å². The minimum Gasteiger partial charge on any atom is -0.286 e. The van der Waals surface area contributed by atoms with Crippen LogP contribution in [0, 0.1) is 11.8 Å². The second-order valence-corrected chi connectivity index (χ2v) is 4.25. The second kappa shape index (κ2) is 3.66. The van der Waals surface area contributed by atoms with Gasteiger partial charge in [-0.25, -0.2) is 5.06 Å². The van der Waals surface area contributed by atoms with Crippen molar-refractivity contribution in [2.24, 2.45) is 11.8 Å². The Kier molecular flexibility index (Phi) is 2.54. The highest BCUT2D eigenvalue weighted by Gasteiger charge is 2.36. The summed E-state index contributed by atoms with van der Waals surface area (Å²) in [5.41, 5.74) is 0. The Morgan fingerprint density at radius 3 is 2.38 bits per heavy atom. The van der Waals surface area contributed by atoms with Crippen molar-refractivity contribution in [2.45, 2.75) is 38.5 Å². The molecule has 1 unspecified atom stereocenters. The van der Waals surface area contributed by atoms with Gasteiger partial charge in [-0.15, -0.1) is 0 Å². The fraction of sp³-hybridized carbons (Fsp3) is 0.900. The molecule has 1 saturated heterocycles. The minimum absolute atomic E-state index is 0.0353. The molecule has 3 heteroatoms. The summed E-state index contributed by atoms with van der Waals surface area (Å²) in [6.45, 7) is 0.542. The summed E-state index contributed by atoms with van der Waals surface area (Å²) in [4.78, 5) is 11.5. The number of carbonyl (C=O) groups excluding carboxylic acids is 1. The molecule has 1 saturated carbocycles. The third-order valence-electron chi connectivity index (χ3n) is 3.44. The first-order valence-electron chi connectivity index (χ1n) is 5.29. The highest BCUT2D eigenvalue weighted by atomic mass is 16.5. The van der Waals surface area contributed by atoms with E-state index in [1.807, 2.05) is 0 Å². The van der Waals surface area contributed by atoms with Gasteiger partial charge in [0.25, 0.3) is 0 Å². The molecule has 2 aliphatic rings. The molecule has 0 aromatic rings. The molecule has 13 heavy (non-hydrogen) atoms. The lowest BCUT2D eigenvalue weighted by molar-refractivity contribution is -0.161. The van der Waals surface area contributed by atoms with Crippen molar-refractivity contribution in [3.05, 3.63) is 0 Å². The topological polar surface area (TPSA) is 40.5 Å². The van der Waals surface area contributed by atoms with Gasteiger partial charge in [0.15, 0.2) is 0 Å². The largest absolute Gasteiger partial charge is 0.286 e. The summed E-state index contributed by atoms with van der Waals surface area (Å²) in [5, 5.41) is 10.1. The van der Waals surface area contributed by atoms with Gasteiger partial charge in [0.1, 0.15) is 0 Å². The van der Waals surface area contributed by atoms with Crippen LogP contribution in [0.4, 0.5) is 0 Å². The maximum absolute atomic E-state index is 11.5. The van der Waals surface area contributed by atoms with Crippen LogP contribution >= 0.6 is 0 Å². The van der Waals surface area contributed by atoms with E-state index in [0.29, 0.717) is 12.5 Å². The molecule has 0 aromatic carbocycles. The van der Waals surface area contributed by atoms with Crippen molar-refractivity contribution < 1.29 is 10.0 Å². The van der Waals surface area contributed by atoms with Gasteiger partial charge in [0.05, 0.1) is 0 Å². The maximum atomic E-state index is 11.5. The van der Waals surface area contributed by atoms with Crippen molar-refractivity contribution in [3.63, 3.8) is 0 Å². The molecule has 1 aliphatic heterocycles. The molecule has 0 aromatic heterocycles. The van der Waals surface area contributed by atoms with Crippen LogP contribution in [-0.2, 0) is 4.79 Å². The summed E-state index contributed by atoms with van der Waals surface area (Å²) in [5.74, 6) is 0.649. The Morgan fingerprint density at radius 2 is 1.85 bits per heavy atom. The molecule has 2 fully saturated rings. The molecule has 1 aliphatic carbocycles. The summed E-state index contributed by atoms with van der Waals surface area (Å²) in [7, 11) is 0. The number of nitrogens with zero attached hydrogens (tertiary/aromatic N) is 1. The Labute approximate surface area is 78.7 Å². The van der Waals surface area contributed by atoms with Crippen LogP contribution in [0.25, 0.3) is 0 Å². The van der Waals surface area contributed by atoms with Crippen LogP contribution in [0.3, 0.4) is 0 Å². The molecule has 2 rings (SSSR count). The zero-order chi connectivity index (χ0) is 9.26. The predicted octanol–water partition coefficient (Wildman–Crippen LogP) is 1.80. The molecule has 1 amide bonds. The van der Waals surface area contributed by atoms with Crippen LogP contribution in [0.15, 0.2) is 0 Å². The SMILES string of the molecule is O=C1C(C2CCCCC2)CCN1O. The first-order valence-corrected chi connectivity index (χ1v) is 5.29. The standard InChI is InChI=1S/C10H17NO2/c12-10-9(6-7-11(10)13)8-4-2-1-3-5-8/h8-9,13H,1-7H2. The summed E-state index contributed by atoms with van der Waals surface area (Å²) in [6, 6.07) is 0. The van der Waals surface area contributed by atoms with E-state index < -0.39 is 0 Å². The van der Waals surface area contributed by atoms with Crippen LogP contribution in [0.2, 0.25) is 0 Å². The molecule has 0 bridgehead atoms. The zero-order valence-electron chi connectivity index (χ0n) is 7.91. The van der Waals surface area contributed by atoms with Gasteiger partial charge in [-0.1, -0.05) is 19.3 Å². The van der Waals surface area contributed by atoms with Crippen LogP contribution in [-0.4, -0.2) is 22.7 Å². The zero-order valence-corrected chi connectivity index (χ0v) is 7.91. The molecule has 1 N–H and O–H groups in total. The highest BCUT2D eigenvalue weighted by Crippen LogP contribution is 2.35. The first kappa shape index (κ1) is 9.00. The lowest BCUT2D eigenvalue weighted by atomic mass is 9.79. The van der Waals surface area contributed by atoms with Gasteiger partial charge in [0.2, 0.25) is 5.91 Å². The quantitative estimate of drug-likeness (QED) is 0.630. The normalized spacial score (nSPS) is 31.3. The van der Waals surface area contributed by atoms with E-state index >= 15 is 0 Å². The molecule has 0 radical (unpaired) electrons. The van der Waals surface area contributed by atoms with Crippen molar-refractivity contribution in [2.75, 3.05) is 6.54 Å². The summed E-state index contributed by atoms with van der Waals surface area (Å²) < 4.78 is 0. The van der Waals surface area contributed by atoms with E-state index in [0.717, 1.165) is 11.5 Å². The van der Waals surface area contributed by atoms with Gasteiger partial charge in [0, 0.05) is 12.5 Å². The van der Waals surface area contributed by atoms with Crippen LogP contribution < -0.4 is 0 Å². The lowest BCUT2D eigenvalue weighted by Gasteiger charge is -2.25. The number of carbonyl (C=O) groups is 1. The first-order chi connectivity index (χ1) is 6.29. The molecule has 1 heterocycles. The molecule has 1 atom stereocenters. The molecule has 3 nitrogen and oxygen atoms in total. The number of rotatable bonds is 1. The van der Waals surface area contributed by atoms with Crippen LogP contribution in [0.1, 0.15) is 38.5 Å². The van der Waals surface area contributed by atoms with Crippen molar-refractivity contribution in [1.29, 1.82) is 0 Å². The van der Waals surface area contributed by atoms with E-state index in [1.54, 1.807) is 0 Å². The Balaban J connectivity index is 1.96. The molecule has 74 valence electrons. The third kappa shape index (κ3) is 1.70. The van der Waals surface area contributed by atoms with E-state index in [2.05, 4.69) is 0 Å². The second-order valence-electron chi connectivity index (χ2n) is 4.25. The number of hydroxylamine groups is 2. The predicted molar refractivity (Wildman–Crippen MR) is 48.2 cm³/mol. The third-order valence-corrected chi connectivity index (χ3v) is 3.44. The Morgan fingerprint density at radius 1 is 1.15 bits per heavy atom. The van der Waals surface area contributed by atoms with Crippen molar-refractivity contribution in [1.82, 2.24) is 5.06 Å². The maximum Gasteiger partial charge on any atom is 0.249 e. The number of hydrogen-bond acceptors (Lipinski definition) is 2. The van der Waals surface area contributed by atoms with E-state index in [-0.39, 0.29) is 11.8 Å². The minimum atomic E-state index is -0.0353. The number of hydrogen-bond donors (Lipinski definition) is 1. The van der Waals surface area contributed by atoms with Gasteiger partial charge in [-0.05, 0) is 25.2 Å². The smallest absolute Gasteiger partial charge is 0.249 e. The van der Waals surface area contributed by atoms with Gasteiger partial charge in [-0.2, -0.15) is 0 Å². The van der Waals surface area contributed by atoms with Gasteiger partial charge < -0.3 is 0 Å². The Bertz CT molecular complexity index is 199. The molecular formula is C10H17NO2. The average Bonchev–Trinajstić information content (AvgIpc) is 2.49. The monoisotopic (exact) mass is 183 g/mol. The molecular weight excluding hydrogens is 166 g/mol. The number of amides is 1. The fourth-order valence-electron chi connectivity index (χ4n) is 2.66. The lowest BCUT2D eigenvalue weighted by Crippen LogP contribution is -2.28. The fourth-order valence-corrected chi connectivity index (χ4v) is 2.66. The van der Waals surface area contributed by atoms with E-state index in [1.165, 1.54) is 32.1 Å². The van der Waals surface area contributed by atoms with Crippen LogP contribution in [0.5, 0.6) is 0 Å². The van der Waals surface area contributed by atoms with Crippen molar-refractivity contribution in [3.8, 4) is 0 Å². The molecule has 0 spiro atoms. The average molecular weight is 183 g/mol. The van der Waals surface area contributed by atoms with E-state index in [4.69, 9.17) is 0 Å². The van der Waals surface area contributed by atoms with Crippen molar-refractivity contribution >= 4 is 5.91 Å².